The minimum atomic E-state index is -1.62. The molecule has 0 radical (unpaired) electrons. The molecule has 0 bridgehead atoms. The Kier molecular flexibility index (Phi) is 11.2. The number of aliphatic hydroxyl groups is 7. The first-order chi connectivity index (χ1) is 27.5. The molecule has 5 saturated carbocycles. The van der Waals surface area contributed by atoms with Crippen LogP contribution in [0.4, 0.5) is 0 Å². The predicted molar refractivity (Wildman–Crippen MR) is 204 cm³/mol. The van der Waals surface area contributed by atoms with E-state index in [4.69, 9.17) is 33.2 Å². The van der Waals surface area contributed by atoms with Crippen LogP contribution in [0.5, 0.6) is 0 Å². The molecule has 16 nitrogen and oxygen atoms in total. The summed E-state index contributed by atoms with van der Waals surface area (Å²) in [6.45, 7) is 11.9. The van der Waals surface area contributed by atoms with Gasteiger partial charge in [-0.1, -0.05) is 13.8 Å². The van der Waals surface area contributed by atoms with E-state index in [1.807, 2.05) is 0 Å². The Morgan fingerprint density at radius 3 is 2.12 bits per heavy atom. The average Bonchev–Trinajstić information content (AvgIpc) is 3.52. The Balaban J connectivity index is 1.10. The van der Waals surface area contributed by atoms with Gasteiger partial charge >= 0.3 is 11.9 Å². The van der Waals surface area contributed by atoms with Gasteiger partial charge in [-0.05, 0) is 118 Å². The smallest absolute Gasteiger partial charge is 0.303 e. The summed E-state index contributed by atoms with van der Waals surface area (Å²) in [5.41, 5.74) is -2.61. The average molecular weight is 841 g/mol. The van der Waals surface area contributed by atoms with Crippen molar-refractivity contribution in [2.45, 2.75) is 204 Å². The van der Waals surface area contributed by atoms with E-state index >= 15 is 0 Å². The molecule has 7 N–H and O–H groups in total. The van der Waals surface area contributed by atoms with Crippen LogP contribution < -0.4 is 0 Å². The lowest BCUT2D eigenvalue weighted by molar-refractivity contribution is -0.328. The summed E-state index contributed by atoms with van der Waals surface area (Å²) in [6, 6.07) is 0. The van der Waals surface area contributed by atoms with Crippen LogP contribution in [0.2, 0.25) is 0 Å². The van der Waals surface area contributed by atoms with Crippen molar-refractivity contribution in [3.05, 3.63) is 0 Å². The molecular formula is C43H68O16. The third-order valence-electron chi connectivity index (χ3n) is 17.3. The van der Waals surface area contributed by atoms with Crippen LogP contribution in [0.3, 0.4) is 0 Å². The maximum Gasteiger partial charge on any atom is 0.303 e. The fourth-order valence-electron chi connectivity index (χ4n) is 14.6. The Morgan fingerprint density at radius 2 is 1.47 bits per heavy atom. The molecule has 336 valence electrons. The van der Waals surface area contributed by atoms with Gasteiger partial charge < -0.3 is 68.9 Å². The van der Waals surface area contributed by atoms with Gasteiger partial charge in [0.25, 0.3) is 0 Å². The van der Waals surface area contributed by atoms with Crippen molar-refractivity contribution in [1.29, 1.82) is 0 Å². The minimum Gasteiger partial charge on any atom is -0.455 e. The quantitative estimate of drug-likeness (QED) is 0.128. The zero-order valence-electron chi connectivity index (χ0n) is 35.5. The van der Waals surface area contributed by atoms with Gasteiger partial charge in [0, 0.05) is 19.8 Å². The highest BCUT2D eigenvalue weighted by Crippen LogP contribution is 2.88. The van der Waals surface area contributed by atoms with Gasteiger partial charge in [-0.3, -0.25) is 9.59 Å². The zero-order chi connectivity index (χ0) is 42.8. The number of hydrogen-bond acceptors (Lipinski definition) is 16. The van der Waals surface area contributed by atoms with Gasteiger partial charge in [0.15, 0.2) is 24.8 Å². The molecular weight excluding hydrogens is 772 g/mol. The van der Waals surface area contributed by atoms with Gasteiger partial charge in [0.05, 0.1) is 48.8 Å². The molecule has 0 aromatic heterocycles. The van der Waals surface area contributed by atoms with E-state index in [2.05, 4.69) is 20.8 Å². The highest BCUT2D eigenvalue weighted by molar-refractivity contribution is 5.67. The molecule has 21 unspecified atom stereocenters. The molecule has 21 atom stereocenters. The molecule has 5 aliphatic carbocycles. The highest BCUT2D eigenvalue weighted by atomic mass is 16.7. The first kappa shape index (κ1) is 44.1. The van der Waals surface area contributed by atoms with Crippen molar-refractivity contribution >= 4 is 11.9 Å². The van der Waals surface area contributed by atoms with Gasteiger partial charge in [0.1, 0.15) is 30.5 Å². The van der Waals surface area contributed by atoms with E-state index in [1.54, 1.807) is 13.8 Å². The number of hydrogen-bond donors (Lipinski definition) is 7. The third kappa shape index (κ3) is 6.84. The number of esters is 2. The number of carbonyl (C=O) groups excluding carboxylic acids is 2. The van der Waals surface area contributed by atoms with Gasteiger partial charge in [-0.25, -0.2) is 0 Å². The van der Waals surface area contributed by atoms with E-state index in [1.165, 1.54) is 13.8 Å². The lowest BCUT2D eigenvalue weighted by Gasteiger charge is -2.63. The van der Waals surface area contributed by atoms with E-state index in [0.29, 0.717) is 32.1 Å². The fourth-order valence-corrected chi connectivity index (χ4v) is 14.6. The van der Waals surface area contributed by atoms with Crippen molar-refractivity contribution in [3.63, 3.8) is 0 Å². The van der Waals surface area contributed by atoms with E-state index in [-0.39, 0.29) is 52.1 Å². The largest absolute Gasteiger partial charge is 0.455 e. The summed E-state index contributed by atoms with van der Waals surface area (Å²) in [7, 11) is 0. The van der Waals surface area contributed by atoms with Crippen LogP contribution in [0.15, 0.2) is 0 Å². The van der Waals surface area contributed by atoms with Gasteiger partial charge in [-0.15, -0.1) is 0 Å². The molecule has 3 heterocycles. The summed E-state index contributed by atoms with van der Waals surface area (Å²) < 4.78 is 43.0. The molecule has 0 amide bonds. The maximum atomic E-state index is 12.2. The van der Waals surface area contributed by atoms with Gasteiger partial charge in [0.2, 0.25) is 0 Å². The molecule has 3 saturated heterocycles. The number of fused-ring (bicyclic) bond motifs is 2. The molecule has 8 rings (SSSR count). The van der Waals surface area contributed by atoms with Crippen molar-refractivity contribution in [2.24, 2.45) is 39.4 Å². The molecule has 16 heteroatoms. The van der Waals surface area contributed by atoms with E-state index in [0.717, 1.165) is 32.1 Å². The molecule has 2 spiro atoms. The first-order valence-corrected chi connectivity index (χ1v) is 21.9. The second-order valence-corrected chi connectivity index (χ2v) is 20.9. The van der Waals surface area contributed by atoms with Crippen molar-refractivity contribution in [3.8, 4) is 0 Å². The third-order valence-corrected chi connectivity index (χ3v) is 17.3. The van der Waals surface area contributed by atoms with E-state index < -0.39 is 103 Å². The monoisotopic (exact) mass is 840 g/mol. The SMILES string of the molecule is CC(=O)OC1C(O)COC(OC2CCC34CC35CCC3(C)C(C6(C)CCC(C(C)(C)O)O6)C(O)CC3(C)C5CC(OC3OC(CO)C(O)C(O)C3O)C4C2)C1OC(C)=O. The van der Waals surface area contributed by atoms with Crippen molar-refractivity contribution < 1.29 is 78.5 Å². The first-order valence-electron chi connectivity index (χ1n) is 21.9. The van der Waals surface area contributed by atoms with Crippen LogP contribution in [0, 0.1) is 39.4 Å². The second kappa shape index (κ2) is 15.0. The number of rotatable bonds is 9. The van der Waals surface area contributed by atoms with Crippen LogP contribution in [-0.4, -0.2) is 152 Å². The topological polar surface area (TPSA) is 240 Å². The van der Waals surface area contributed by atoms with Crippen molar-refractivity contribution in [2.75, 3.05) is 13.2 Å². The minimum absolute atomic E-state index is 0.0695. The molecule has 8 fully saturated rings. The summed E-state index contributed by atoms with van der Waals surface area (Å²) in [5, 5.41) is 76.5. The highest BCUT2D eigenvalue weighted by Gasteiger charge is 2.83. The normalized spacial score (nSPS) is 54.3. The van der Waals surface area contributed by atoms with Gasteiger partial charge in [-0.2, -0.15) is 0 Å². The molecule has 0 aromatic carbocycles. The Morgan fingerprint density at radius 1 is 0.780 bits per heavy atom. The second-order valence-electron chi connectivity index (χ2n) is 20.9. The van der Waals surface area contributed by atoms with E-state index in [9.17, 15) is 45.3 Å². The van der Waals surface area contributed by atoms with Crippen molar-refractivity contribution in [1.82, 2.24) is 0 Å². The predicted octanol–water partition coefficient (Wildman–Crippen LogP) is 1.23. The maximum absolute atomic E-state index is 12.2. The Bertz CT molecular complexity index is 1600. The summed E-state index contributed by atoms with van der Waals surface area (Å²) in [4.78, 5) is 24.2. The molecule has 3 aliphatic heterocycles. The molecule has 0 aromatic rings. The zero-order valence-corrected chi connectivity index (χ0v) is 35.5. The fraction of sp³-hybridized carbons (Fsp3) is 0.953. The molecule has 59 heavy (non-hydrogen) atoms. The standard InChI is InChI=1S/C43H68O16/c1-20(45)54-33-25(48)18-53-37(34(33)55-21(2)46)56-22-8-11-42-19-43(42)13-12-39(5)35(41(7)10-9-29(59-41)38(3,4)52)24(47)16-40(39,6)28(43)15-26(23(42)14-22)57-36-32(51)31(50)30(49)27(17-44)58-36/h22-37,44,47-52H,8-19H2,1-7H3. The molecule has 8 aliphatic rings. The van der Waals surface area contributed by atoms with Crippen LogP contribution >= 0.6 is 0 Å². The summed E-state index contributed by atoms with van der Waals surface area (Å²) in [6.07, 6.45) is -6.80. The van der Waals surface area contributed by atoms with Crippen LogP contribution in [-0.2, 0) is 42.7 Å². The lowest BCUT2D eigenvalue weighted by atomic mass is 9.42. The summed E-state index contributed by atoms with van der Waals surface area (Å²) >= 11 is 0. The number of aliphatic hydroxyl groups excluding tert-OH is 6. The summed E-state index contributed by atoms with van der Waals surface area (Å²) in [5.74, 6) is -1.53. The van der Waals surface area contributed by atoms with Crippen LogP contribution in [0.25, 0.3) is 0 Å². The number of ether oxygens (including phenoxy) is 7. The number of carbonyl (C=O) groups is 2. The Hall–Kier alpha value is -1.54. The lowest BCUT2D eigenvalue weighted by Crippen LogP contribution is -2.63. The van der Waals surface area contributed by atoms with Crippen LogP contribution in [0.1, 0.15) is 113 Å². The Labute approximate surface area is 346 Å².